The summed E-state index contributed by atoms with van der Waals surface area (Å²) >= 11 is 6.51. The third-order valence-corrected chi connectivity index (χ3v) is 7.64. The van der Waals surface area contributed by atoms with Crippen molar-refractivity contribution in [1.82, 2.24) is 0 Å². The van der Waals surface area contributed by atoms with Crippen LogP contribution in [0, 0.1) is 0 Å². The molecule has 0 saturated heterocycles. The number of hydrogen-bond acceptors (Lipinski definition) is 2. The van der Waals surface area contributed by atoms with Crippen molar-refractivity contribution in [3.05, 3.63) is 63.7 Å². The molecule has 0 saturated carbocycles. The quantitative estimate of drug-likeness (QED) is 0.339. The van der Waals surface area contributed by atoms with Crippen LogP contribution in [0.2, 0.25) is 5.02 Å². The third-order valence-electron chi connectivity index (χ3n) is 7.43. The largest absolute Gasteiger partial charge is 0.458 e. The molecule has 3 aromatic carbocycles. The molecule has 2 heterocycles. The van der Waals surface area contributed by atoms with Gasteiger partial charge < -0.3 is 9.47 Å². The molecule has 0 bridgehead atoms. The van der Waals surface area contributed by atoms with Gasteiger partial charge in [-0.05, 0) is 96.7 Å². The number of benzene rings is 3. The molecule has 0 radical (unpaired) electrons. The van der Waals surface area contributed by atoms with E-state index in [1.165, 1.54) is 58.9 Å². The number of fused-ring (bicyclic) bond motifs is 8. The van der Waals surface area contributed by atoms with Crippen molar-refractivity contribution in [3.8, 4) is 23.0 Å². The zero-order valence-electron chi connectivity index (χ0n) is 16.9. The summed E-state index contributed by atoms with van der Waals surface area (Å²) in [5.74, 6) is 3.86. The minimum Gasteiger partial charge on any atom is -0.458 e. The first-order valence-corrected chi connectivity index (χ1v) is 11.6. The van der Waals surface area contributed by atoms with Gasteiger partial charge in [0.2, 0.25) is 0 Å². The molecule has 30 heavy (non-hydrogen) atoms. The molecule has 0 atom stereocenters. The molecule has 0 fully saturated rings. The predicted molar refractivity (Wildman–Crippen MR) is 122 cm³/mol. The minimum absolute atomic E-state index is 0.152. The number of aryl methyl sites for hydroxylation is 2. The minimum atomic E-state index is 0.152. The van der Waals surface area contributed by atoms with Gasteiger partial charge in [-0.3, -0.25) is 0 Å². The highest BCUT2D eigenvalue weighted by Crippen LogP contribution is 2.42. The van der Waals surface area contributed by atoms with E-state index in [1.807, 2.05) is 12.1 Å². The van der Waals surface area contributed by atoms with Crippen molar-refractivity contribution in [2.45, 2.75) is 51.4 Å². The number of rotatable bonds is 0. The van der Waals surface area contributed by atoms with E-state index < -0.39 is 0 Å². The van der Waals surface area contributed by atoms with E-state index >= 15 is 0 Å². The van der Waals surface area contributed by atoms with Gasteiger partial charge in [-0.15, -0.1) is 0 Å². The molecule has 7 rings (SSSR count). The molecular weight excluding hydrogens is 391 g/mol. The Morgan fingerprint density at radius 2 is 1.17 bits per heavy atom. The Bertz CT molecular complexity index is 1140. The molecule has 148 valence electrons. The Hall–Kier alpha value is -2.39. The Balaban J connectivity index is 1.52. The van der Waals surface area contributed by atoms with Crippen LogP contribution in [0.25, 0.3) is 0 Å². The molecule has 2 aliphatic carbocycles. The molecular formula is C26H22BClO2. The first-order chi connectivity index (χ1) is 14.8. The Labute approximate surface area is 182 Å². The fourth-order valence-corrected chi connectivity index (χ4v) is 6.24. The van der Waals surface area contributed by atoms with Crippen molar-refractivity contribution >= 4 is 34.7 Å². The van der Waals surface area contributed by atoms with Crippen LogP contribution >= 0.6 is 11.6 Å². The second-order valence-corrected chi connectivity index (χ2v) is 9.55. The van der Waals surface area contributed by atoms with Crippen molar-refractivity contribution in [1.29, 1.82) is 0 Å². The molecule has 0 aromatic heterocycles. The molecule has 4 heteroatoms. The highest BCUT2D eigenvalue weighted by atomic mass is 35.5. The van der Waals surface area contributed by atoms with E-state index in [0.29, 0.717) is 5.02 Å². The Morgan fingerprint density at radius 1 is 0.667 bits per heavy atom. The van der Waals surface area contributed by atoms with Gasteiger partial charge in [0.25, 0.3) is 6.71 Å². The van der Waals surface area contributed by atoms with Gasteiger partial charge in [0.05, 0.1) is 0 Å². The molecule has 3 aromatic rings. The van der Waals surface area contributed by atoms with Gasteiger partial charge in [-0.2, -0.15) is 0 Å². The predicted octanol–water partition coefficient (Wildman–Crippen LogP) is 4.83. The van der Waals surface area contributed by atoms with Crippen LogP contribution in [-0.2, 0) is 25.7 Å². The van der Waals surface area contributed by atoms with Gasteiger partial charge in [-0.25, -0.2) is 0 Å². The van der Waals surface area contributed by atoms with E-state index in [0.717, 1.165) is 54.1 Å². The first kappa shape index (κ1) is 17.3. The van der Waals surface area contributed by atoms with E-state index in [-0.39, 0.29) is 6.71 Å². The highest BCUT2D eigenvalue weighted by Gasteiger charge is 2.42. The van der Waals surface area contributed by atoms with Crippen molar-refractivity contribution in [2.24, 2.45) is 0 Å². The lowest BCUT2D eigenvalue weighted by Gasteiger charge is -2.36. The molecule has 0 amide bonds. The third kappa shape index (κ3) is 2.33. The molecule has 2 aliphatic heterocycles. The zero-order chi connectivity index (χ0) is 19.8. The Morgan fingerprint density at radius 3 is 1.70 bits per heavy atom. The summed E-state index contributed by atoms with van der Waals surface area (Å²) in [6.07, 6.45) is 9.50. The van der Waals surface area contributed by atoms with Crippen LogP contribution in [0.4, 0.5) is 0 Å². The normalized spacial score (nSPS) is 17.6. The number of halogens is 1. The second-order valence-electron chi connectivity index (χ2n) is 9.11. The Kier molecular flexibility index (Phi) is 3.64. The molecule has 4 aliphatic rings. The van der Waals surface area contributed by atoms with Crippen LogP contribution in [0.3, 0.4) is 0 Å². The van der Waals surface area contributed by atoms with Gasteiger partial charge >= 0.3 is 0 Å². The zero-order valence-corrected chi connectivity index (χ0v) is 17.6. The van der Waals surface area contributed by atoms with Crippen LogP contribution < -0.4 is 25.9 Å². The lowest BCUT2D eigenvalue weighted by Crippen LogP contribution is -2.58. The maximum absolute atomic E-state index is 6.57. The highest BCUT2D eigenvalue weighted by molar-refractivity contribution is 6.98. The summed E-state index contributed by atoms with van der Waals surface area (Å²) in [5.41, 5.74) is 9.39. The summed E-state index contributed by atoms with van der Waals surface area (Å²) < 4.78 is 13.1. The molecule has 0 unspecified atom stereocenters. The lowest BCUT2D eigenvalue weighted by molar-refractivity contribution is 0.453. The van der Waals surface area contributed by atoms with Gasteiger partial charge in [0.15, 0.2) is 0 Å². The average Bonchev–Trinajstić information content (AvgIpc) is 2.78. The van der Waals surface area contributed by atoms with E-state index in [4.69, 9.17) is 21.1 Å². The summed E-state index contributed by atoms with van der Waals surface area (Å²) in [4.78, 5) is 0. The number of ether oxygens (including phenoxy) is 2. The molecule has 2 nitrogen and oxygen atoms in total. The summed E-state index contributed by atoms with van der Waals surface area (Å²) in [6.45, 7) is 0.152. The fourth-order valence-electron chi connectivity index (χ4n) is 6.04. The molecule has 0 spiro atoms. The average molecular weight is 413 g/mol. The van der Waals surface area contributed by atoms with Crippen LogP contribution in [0.5, 0.6) is 23.0 Å². The van der Waals surface area contributed by atoms with Gasteiger partial charge in [0.1, 0.15) is 23.0 Å². The first-order valence-electron chi connectivity index (χ1n) is 11.3. The van der Waals surface area contributed by atoms with E-state index in [9.17, 15) is 0 Å². The van der Waals surface area contributed by atoms with Crippen molar-refractivity contribution in [2.75, 3.05) is 0 Å². The SMILES string of the molecule is Clc1cc2c3c(c1)Oc1c(ccc4c1CCCC4)B3c1ccc3c(c1O2)CCCC3. The van der Waals surface area contributed by atoms with Crippen LogP contribution in [-0.4, -0.2) is 6.71 Å². The van der Waals surface area contributed by atoms with E-state index in [1.54, 1.807) is 0 Å². The van der Waals surface area contributed by atoms with Crippen LogP contribution in [0.15, 0.2) is 36.4 Å². The van der Waals surface area contributed by atoms with Gasteiger partial charge in [0, 0.05) is 10.5 Å². The van der Waals surface area contributed by atoms with Crippen molar-refractivity contribution < 1.29 is 9.47 Å². The van der Waals surface area contributed by atoms with Crippen molar-refractivity contribution in [3.63, 3.8) is 0 Å². The monoisotopic (exact) mass is 412 g/mol. The standard InChI is InChI=1S/C26H22BClO2/c28-17-13-22-24-23(14-17)30-26-19-8-4-2-6-16(19)10-12-21(26)27(24)20-11-9-15-5-1-3-7-18(15)25(20)29-22/h9-14H,1-8H2. The number of hydrogen-bond donors (Lipinski definition) is 0. The maximum Gasteiger partial charge on any atom is 0.260 e. The smallest absolute Gasteiger partial charge is 0.260 e. The topological polar surface area (TPSA) is 18.5 Å². The van der Waals surface area contributed by atoms with E-state index in [2.05, 4.69) is 24.3 Å². The second kappa shape index (κ2) is 6.31. The van der Waals surface area contributed by atoms with Gasteiger partial charge in [-0.1, -0.05) is 35.9 Å². The molecule has 0 N–H and O–H groups in total. The summed E-state index contributed by atoms with van der Waals surface area (Å²) in [6, 6.07) is 13.2. The summed E-state index contributed by atoms with van der Waals surface area (Å²) in [7, 11) is 0. The summed E-state index contributed by atoms with van der Waals surface area (Å²) in [5, 5.41) is 0.670. The van der Waals surface area contributed by atoms with Crippen LogP contribution in [0.1, 0.15) is 47.9 Å². The lowest BCUT2D eigenvalue weighted by atomic mass is 9.34. The maximum atomic E-state index is 6.57. The fraction of sp³-hybridized carbons (Fsp3) is 0.308.